The van der Waals surface area contributed by atoms with Crippen molar-refractivity contribution in [1.29, 1.82) is 0 Å². The smallest absolute Gasteiger partial charge is 0.330 e. The molecule has 1 aromatic rings. The number of ether oxygens (including phenoxy) is 1. The lowest BCUT2D eigenvalue weighted by Gasteiger charge is -2.30. The van der Waals surface area contributed by atoms with Gasteiger partial charge in [-0.15, -0.1) is 0 Å². The number of aryl methyl sites for hydroxylation is 1. The second-order valence-corrected chi connectivity index (χ2v) is 4.03. The Hall–Kier alpha value is -1.44. The average Bonchev–Trinajstić information content (AvgIpc) is 2.34. The predicted octanol–water partition coefficient (Wildman–Crippen LogP) is -1.68. The summed E-state index contributed by atoms with van der Waals surface area (Å²) in [7, 11) is 0. The number of hydrogen-bond acceptors (Lipinski definition) is 5. The van der Waals surface area contributed by atoms with Gasteiger partial charge in [0.15, 0.2) is 6.23 Å². The molecular weight excluding hydrogens is 226 g/mol. The van der Waals surface area contributed by atoms with Crippen LogP contribution in [0, 0.1) is 6.92 Å². The molecule has 17 heavy (non-hydrogen) atoms. The number of nitrogens with zero attached hydrogens (tertiary/aromatic N) is 1. The van der Waals surface area contributed by atoms with Crippen molar-refractivity contribution in [1.82, 2.24) is 14.9 Å². The Balaban J connectivity index is 2.31. The molecule has 0 radical (unpaired) electrons. The van der Waals surface area contributed by atoms with Gasteiger partial charge in [-0.05, 0) is 6.92 Å². The van der Waals surface area contributed by atoms with Crippen LogP contribution in [0.1, 0.15) is 11.8 Å². The molecule has 1 fully saturated rings. The van der Waals surface area contributed by atoms with E-state index in [0.29, 0.717) is 18.7 Å². The summed E-state index contributed by atoms with van der Waals surface area (Å²) in [6.07, 6.45) is 0.615. The second-order valence-electron chi connectivity index (χ2n) is 4.03. The van der Waals surface area contributed by atoms with Crippen molar-refractivity contribution in [2.45, 2.75) is 19.3 Å². The third-order valence-electron chi connectivity index (χ3n) is 2.70. The average molecular weight is 241 g/mol. The van der Waals surface area contributed by atoms with Crippen molar-refractivity contribution in [2.75, 3.05) is 19.7 Å². The van der Waals surface area contributed by atoms with E-state index < -0.39 is 17.5 Å². The lowest BCUT2D eigenvalue weighted by Crippen LogP contribution is -2.47. The zero-order chi connectivity index (χ0) is 12.4. The number of rotatable bonds is 2. The summed E-state index contributed by atoms with van der Waals surface area (Å²) in [4.78, 5) is 25.1. The van der Waals surface area contributed by atoms with Gasteiger partial charge in [-0.2, -0.15) is 0 Å². The van der Waals surface area contributed by atoms with Gasteiger partial charge in [-0.3, -0.25) is 14.3 Å². The van der Waals surface area contributed by atoms with Crippen molar-refractivity contribution in [3.05, 3.63) is 32.6 Å². The Morgan fingerprint density at radius 1 is 1.53 bits per heavy atom. The van der Waals surface area contributed by atoms with Crippen molar-refractivity contribution >= 4 is 0 Å². The first-order valence-electron chi connectivity index (χ1n) is 5.41. The zero-order valence-corrected chi connectivity index (χ0v) is 9.47. The van der Waals surface area contributed by atoms with E-state index >= 15 is 0 Å². The molecule has 0 amide bonds. The number of aliphatic hydroxyl groups is 1. The van der Waals surface area contributed by atoms with Gasteiger partial charge in [0, 0.05) is 24.8 Å². The molecule has 2 unspecified atom stereocenters. The molecular formula is C10H15N3O4. The fourth-order valence-electron chi connectivity index (χ4n) is 1.76. The van der Waals surface area contributed by atoms with Crippen LogP contribution in [-0.4, -0.2) is 40.5 Å². The highest BCUT2D eigenvalue weighted by Gasteiger charge is 2.23. The number of H-pyrrole nitrogens is 1. The molecule has 7 nitrogen and oxygen atoms in total. The van der Waals surface area contributed by atoms with Gasteiger partial charge in [0.05, 0.1) is 12.7 Å². The maximum absolute atomic E-state index is 11.6. The minimum Gasteiger partial charge on any atom is -0.394 e. The first kappa shape index (κ1) is 12.0. The summed E-state index contributed by atoms with van der Waals surface area (Å²) in [6, 6.07) is 0. The maximum atomic E-state index is 11.6. The van der Waals surface area contributed by atoms with Gasteiger partial charge in [0.25, 0.3) is 5.56 Å². The van der Waals surface area contributed by atoms with Crippen LogP contribution in [0.25, 0.3) is 0 Å². The van der Waals surface area contributed by atoms with Crippen LogP contribution in [0.4, 0.5) is 0 Å². The van der Waals surface area contributed by atoms with Gasteiger partial charge in [0.1, 0.15) is 0 Å². The minimum atomic E-state index is -0.510. The monoisotopic (exact) mass is 241 g/mol. The summed E-state index contributed by atoms with van der Waals surface area (Å²) in [5.74, 6) is 0. The van der Waals surface area contributed by atoms with Crippen LogP contribution >= 0.6 is 0 Å². The Labute approximate surface area is 97.0 Å². The van der Waals surface area contributed by atoms with Gasteiger partial charge in [-0.25, -0.2) is 4.79 Å². The van der Waals surface area contributed by atoms with E-state index in [1.54, 1.807) is 6.92 Å². The zero-order valence-electron chi connectivity index (χ0n) is 9.47. The molecule has 0 aromatic carbocycles. The molecule has 2 rings (SSSR count). The fraction of sp³-hybridized carbons (Fsp3) is 0.600. The largest absolute Gasteiger partial charge is 0.394 e. The molecule has 3 N–H and O–H groups in total. The number of aromatic nitrogens is 2. The summed E-state index contributed by atoms with van der Waals surface area (Å²) in [5.41, 5.74) is -0.459. The molecule has 2 atom stereocenters. The minimum absolute atomic E-state index is 0.111. The molecule has 0 spiro atoms. The van der Waals surface area contributed by atoms with E-state index in [9.17, 15) is 9.59 Å². The van der Waals surface area contributed by atoms with Crippen LogP contribution in [-0.2, 0) is 4.74 Å². The van der Waals surface area contributed by atoms with Gasteiger partial charge < -0.3 is 15.2 Å². The Morgan fingerprint density at radius 3 is 3.00 bits per heavy atom. The first-order chi connectivity index (χ1) is 8.11. The molecule has 0 bridgehead atoms. The van der Waals surface area contributed by atoms with Crippen molar-refractivity contribution in [3.8, 4) is 0 Å². The normalized spacial score (nSPS) is 24.8. The molecule has 1 aromatic heterocycles. The van der Waals surface area contributed by atoms with E-state index in [2.05, 4.69) is 10.3 Å². The van der Waals surface area contributed by atoms with E-state index in [1.165, 1.54) is 10.8 Å². The SMILES string of the molecule is Cc1cn(C2CNCC(CO)O2)c(=O)[nH]c1=O. The fourth-order valence-corrected chi connectivity index (χ4v) is 1.76. The number of aliphatic hydroxyl groups excluding tert-OH is 1. The molecule has 1 saturated heterocycles. The molecule has 1 aliphatic rings. The lowest BCUT2D eigenvalue weighted by molar-refractivity contribution is -0.0968. The van der Waals surface area contributed by atoms with Gasteiger partial charge in [-0.1, -0.05) is 0 Å². The molecule has 7 heteroatoms. The Bertz CT molecular complexity index is 507. The van der Waals surface area contributed by atoms with Crippen LogP contribution in [0.5, 0.6) is 0 Å². The highest BCUT2D eigenvalue weighted by molar-refractivity contribution is 5.01. The third kappa shape index (κ3) is 2.46. The lowest BCUT2D eigenvalue weighted by atomic mass is 10.3. The number of aromatic amines is 1. The quantitative estimate of drug-likeness (QED) is 0.575. The highest BCUT2D eigenvalue weighted by atomic mass is 16.5. The topological polar surface area (TPSA) is 96.3 Å². The summed E-state index contributed by atoms with van der Waals surface area (Å²) < 4.78 is 6.85. The Morgan fingerprint density at radius 2 is 2.29 bits per heavy atom. The Kier molecular flexibility index (Phi) is 3.41. The predicted molar refractivity (Wildman–Crippen MR) is 59.9 cm³/mol. The summed E-state index contributed by atoms with van der Waals surface area (Å²) >= 11 is 0. The number of nitrogens with one attached hydrogen (secondary N) is 2. The molecule has 0 aliphatic carbocycles. The molecule has 2 heterocycles. The van der Waals surface area contributed by atoms with E-state index in [1.807, 2.05) is 0 Å². The van der Waals surface area contributed by atoms with E-state index in [-0.39, 0.29) is 12.7 Å². The van der Waals surface area contributed by atoms with Gasteiger partial charge in [0.2, 0.25) is 0 Å². The van der Waals surface area contributed by atoms with E-state index in [4.69, 9.17) is 9.84 Å². The third-order valence-corrected chi connectivity index (χ3v) is 2.70. The van der Waals surface area contributed by atoms with Crippen LogP contribution in [0.15, 0.2) is 15.8 Å². The van der Waals surface area contributed by atoms with Gasteiger partial charge >= 0.3 is 5.69 Å². The maximum Gasteiger partial charge on any atom is 0.330 e. The van der Waals surface area contributed by atoms with Crippen molar-refractivity contribution in [3.63, 3.8) is 0 Å². The summed E-state index contributed by atoms with van der Waals surface area (Å²) in [5, 5.41) is 12.1. The highest BCUT2D eigenvalue weighted by Crippen LogP contribution is 2.11. The second kappa shape index (κ2) is 4.82. The van der Waals surface area contributed by atoms with Crippen molar-refractivity contribution in [2.24, 2.45) is 0 Å². The van der Waals surface area contributed by atoms with Crippen LogP contribution in [0.2, 0.25) is 0 Å². The van der Waals surface area contributed by atoms with Crippen molar-refractivity contribution < 1.29 is 9.84 Å². The first-order valence-corrected chi connectivity index (χ1v) is 5.41. The molecule has 1 aliphatic heterocycles. The molecule has 94 valence electrons. The number of morpholine rings is 1. The number of hydrogen-bond donors (Lipinski definition) is 3. The molecule has 0 saturated carbocycles. The standard InChI is InChI=1S/C10H15N3O4/c1-6-4-13(10(16)12-9(6)15)8-3-11-2-7(5-14)17-8/h4,7-8,11,14H,2-3,5H2,1H3,(H,12,15,16). The van der Waals surface area contributed by atoms with Crippen LogP contribution < -0.4 is 16.6 Å². The summed E-state index contributed by atoms with van der Waals surface area (Å²) in [6.45, 7) is 2.51. The van der Waals surface area contributed by atoms with E-state index in [0.717, 1.165) is 0 Å². The van der Waals surface area contributed by atoms with Crippen LogP contribution in [0.3, 0.4) is 0 Å².